The van der Waals surface area contributed by atoms with Crippen molar-refractivity contribution in [2.75, 3.05) is 12.4 Å². The van der Waals surface area contributed by atoms with Crippen molar-refractivity contribution >= 4 is 17.5 Å². The van der Waals surface area contributed by atoms with Gasteiger partial charge in [-0.2, -0.15) is 0 Å². The molecular weight excluding hydrogens is 302 g/mol. The van der Waals surface area contributed by atoms with Gasteiger partial charge in [0.25, 0.3) is 5.91 Å². The lowest BCUT2D eigenvalue weighted by atomic mass is 10.1. The fourth-order valence-electron chi connectivity index (χ4n) is 2.27. The predicted molar refractivity (Wildman–Crippen MR) is 94.8 cm³/mol. The van der Waals surface area contributed by atoms with Crippen molar-refractivity contribution in [1.82, 2.24) is 9.88 Å². The number of hydrogen-bond acceptors (Lipinski definition) is 3. The van der Waals surface area contributed by atoms with Crippen molar-refractivity contribution in [3.8, 4) is 0 Å². The van der Waals surface area contributed by atoms with Crippen LogP contribution in [-0.2, 0) is 17.8 Å². The zero-order valence-corrected chi connectivity index (χ0v) is 14.4. The Hall–Kier alpha value is -2.69. The van der Waals surface area contributed by atoms with Gasteiger partial charge in [-0.25, -0.2) is 0 Å². The lowest BCUT2D eigenvalue weighted by Gasteiger charge is -2.17. The van der Waals surface area contributed by atoms with E-state index in [0.717, 1.165) is 12.1 Å². The maximum atomic E-state index is 12.6. The first-order valence-electron chi connectivity index (χ1n) is 8.12. The molecule has 126 valence electrons. The largest absolute Gasteiger partial charge is 0.336 e. The highest BCUT2D eigenvalue weighted by molar-refractivity contribution is 5.97. The van der Waals surface area contributed by atoms with Gasteiger partial charge in [0, 0.05) is 30.9 Å². The Bertz CT molecular complexity index is 711. The van der Waals surface area contributed by atoms with Crippen LogP contribution < -0.4 is 5.32 Å². The topological polar surface area (TPSA) is 62.3 Å². The summed E-state index contributed by atoms with van der Waals surface area (Å²) in [6.07, 6.45) is 3.18. The minimum absolute atomic E-state index is 0.0758. The van der Waals surface area contributed by atoms with Crippen molar-refractivity contribution in [2.45, 2.75) is 33.2 Å². The normalized spacial score (nSPS) is 10.3. The summed E-state index contributed by atoms with van der Waals surface area (Å²) >= 11 is 0. The van der Waals surface area contributed by atoms with Gasteiger partial charge in [0.2, 0.25) is 5.91 Å². The molecule has 1 N–H and O–H groups in total. The van der Waals surface area contributed by atoms with Crippen LogP contribution in [-0.4, -0.2) is 28.7 Å². The van der Waals surface area contributed by atoms with Gasteiger partial charge >= 0.3 is 0 Å². The molecule has 5 heteroatoms. The second-order valence-corrected chi connectivity index (χ2v) is 5.66. The van der Waals surface area contributed by atoms with Crippen LogP contribution in [0.25, 0.3) is 0 Å². The van der Waals surface area contributed by atoms with E-state index in [1.807, 2.05) is 18.3 Å². The number of anilines is 1. The first-order valence-corrected chi connectivity index (χ1v) is 8.12. The molecular formula is C19H23N3O2. The summed E-state index contributed by atoms with van der Waals surface area (Å²) in [6.45, 7) is 4.31. The molecule has 1 aromatic heterocycles. The standard InChI is InChI=1S/C19H23N3O2/c1-4-14-9-10-17(20-12-14)13-22(3)19(24)15-7-6-8-16(11-15)21-18(23)5-2/h6-12H,4-5,13H2,1-3H3,(H,21,23). The molecule has 0 unspecified atom stereocenters. The summed E-state index contributed by atoms with van der Waals surface area (Å²) in [5, 5.41) is 2.77. The number of amides is 2. The Labute approximate surface area is 142 Å². The summed E-state index contributed by atoms with van der Waals surface area (Å²) in [5.74, 6) is -0.183. The van der Waals surface area contributed by atoms with Gasteiger partial charge in [-0.05, 0) is 36.2 Å². The third-order valence-corrected chi connectivity index (χ3v) is 3.75. The van der Waals surface area contributed by atoms with Gasteiger partial charge in [-0.3, -0.25) is 14.6 Å². The molecule has 1 aromatic carbocycles. The number of aromatic nitrogens is 1. The molecule has 0 aliphatic carbocycles. The number of carbonyl (C=O) groups is 2. The molecule has 0 fully saturated rings. The number of hydrogen-bond donors (Lipinski definition) is 1. The average molecular weight is 325 g/mol. The number of aryl methyl sites for hydroxylation is 1. The number of pyridine rings is 1. The molecule has 2 rings (SSSR count). The van der Waals surface area contributed by atoms with Crippen LogP contribution >= 0.6 is 0 Å². The Morgan fingerprint density at radius 1 is 1.17 bits per heavy atom. The lowest BCUT2D eigenvalue weighted by Crippen LogP contribution is -2.26. The highest BCUT2D eigenvalue weighted by Crippen LogP contribution is 2.14. The van der Waals surface area contributed by atoms with E-state index < -0.39 is 0 Å². The maximum absolute atomic E-state index is 12.6. The van der Waals surface area contributed by atoms with Crippen LogP contribution in [0.3, 0.4) is 0 Å². The van der Waals surface area contributed by atoms with E-state index >= 15 is 0 Å². The van der Waals surface area contributed by atoms with Crippen molar-refractivity contribution in [2.24, 2.45) is 0 Å². The predicted octanol–water partition coefficient (Wildman–Crippen LogP) is 3.26. The van der Waals surface area contributed by atoms with E-state index in [1.54, 1.807) is 43.1 Å². The van der Waals surface area contributed by atoms with E-state index in [9.17, 15) is 9.59 Å². The van der Waals surface area contributed by atoms with Crippen LogP contribution in [0.4, 0.5) is 5.69 Å². The molecule has 0 atom stereocenters. The molecule has 0 saturated heterocycles. The summed E-state index contributed by atoms with van der Waals surface area (Å²) < 4.78 is 0. The van der Waals surface area contributed by atoms with Crippen molar-refractivity contribution in [3.63, 3.8) is 0 Å². The first-order chi connectivity index (χ1) is 11.5. The molecule has 2 aromatic rings. The minimum Gasteiger partial charge on any atom is -0.336 e. The van der Waals surface area contributed by atoms with Gasteiger partial charge in [-0.15, -0.1) is 0 Å². The van der Waals surface area contributed by atoms with Gasteiger partial charge in [-0.1, -0.05) is 26.0 Å². The van der Waals surface area contributed by atoms with Gasteiger partial charge in [0.15, 0.2) is 0 Å². The molecule has 0 bridgehead atoms. The van der Waals surface area contributed by atoms with Gasteiger partial charge < -0.3 is 10.2 Å². The van der Waals surface area contributed by atoms with E-state index in [-0.39, 0.29) is 11.8 Å². The van der Waals surface area contributed by atoms with Gasteiger partial charge in [0.05, 0.1) is 12.2 Å². The molecule has 0 spiro atoms. The average Bonchev–Trinajstić information content (AvgIpc) is 2.61. The minimum atomic E-state index is -0.107. The molecule has 24 heavy (non-hydrogen) atoms. The van der Waals surface area contributed by atoms with Crippen molar-refractivity contribution in [3.05, 3.63) is 59.4 Å². The lowest BCUT2D eigenvalue weighted by molar-refractivity contribution is -0.115. The maximum Gasteiger partial charge on any atom is 0.254 e. The highest BCUT2D eigenvalue weighted by atomic mass is 16.2. The molecule has 1 heterocycles. The van der Waals surface area contributed by atoms with E-state index in [1.165, 1.54) is 5.56 Å². The smallest absolute Gasteiger partial charge is 0.254 e. The Kier molecular flexibility index (Phi) is 6.07. The molecule has 2 amide bonds. The third-order valence-electron chi connectivity index (χ3n) is 3.75. The van der Waals surface area contributed by atoms with E-state index in [0.29, 0.717) is 24.2 Å². The summed E-state index contributed by atoms with van der Waals surface area (Å²) in [5.41, 5.74) is 3.19. The van der Waals surface area contributed by atoms with Crippen LogP contribution in [0.15, 0.2) is 42.6 Å². The number of benzene rings is 1. The summed E-state index contributed by atoms with van der Waals surface area (Å²) in [4.78, 5) is 30.0. The van der Waals surface area contributed by atoms with Crippen molar-refractivity contribution < 1.29 is 9.59 Å². The number of nitrogens with one attached hydrogen (secondary N) is 1. The molecule has 0 radical (unpaired) electrons. The Morgan fingerprint density at radius 3 is 2.58 bits per heavy atom. The van der Waals surface area contributed by atoms with Crippen LogP contribution in [0.5, 0.6) is 0 Å². The quantitative estimate of drug-likeness (QED) is 0.886. The summed E-state index contributed by atoms with van der Waals surface area (Å²) in [6, 6.07) is 11.0. The molecule has 0 aliphatic rings. The van der Waals surface area contributed by atoms with Crippen molar-refractivity contribution in [1.29, 1.82) is 0 Å². The first kappa shape index (κ1) is 17.7. The zero-order valence-electron chi connectivity index (χ0n) is 14.4. The molecule has 0 aliphatic heterocycles. The number of rotatable bonds is 6. The molecule has 0 saturated carbocycles. The number of carbonyl (C=O) groups excluding carboxylic acids is 2. The monoisotopic (exact) mass is 325 g/mol. The second kappa shape index (κ2) is 8.24. The Balaban J connectivity index is 2.06. The summed E-state index contributed by atoms with van der Waals surface area (Å²) in [7, 11) is 1.75. The van der Waals surface area contributed by atoms with E-state index in [4.69, 9.17) is 0 Å². The van der Waals surface area contributed by atoms with Crippen LogP contribution in [0.2, 0.25) is 0 Å². The number of nitrogens with zero attached hydrogens (tertiary/aromatic N) is 2. The zero-order chi connectivity index (χ0) is 17.5. The molecule has 5 nitrogen and oxygen atoms in total. The van der Waals surface area contributed by atoms with Gasteiger partial charge in [0.1, 0.15) is 0 Å². The third kappa shape index (κ3) is 4.65. The van der Waals surface area contributed by atoms with Crippen LogP contribution in [0, 0.1) is 0 Å². The fraction of sp³-hybridized carbons (Fsp3) is 0.316. The van der Waals surface area contributed by atoms with E-state index in [2.05, 4.69) is 17.2 Å². The second-order valence-electron chi connectivity index (χ2n) is 5.66. The SMILES string of the molecule is CCC(=O)Nc1cccc(C(=O)N(C)Cc2ccc(CC)cn2)c1. The fourth-order valence-corrected chi connectivity index (χ4v) is 2.27. The Morgan fingerprint density at radius 2 is 1.96 bits per heavy atom. The van der Waals surface area contributed by atoms with Crippen LogP contribution in [0.1, 0.15) is 41.9 Å². The highest BCUT2D eigenvalue weighted by Gasteiger charge is 2.13.